The van der Waals surface area contributed by atoms with Gasteiger partial charge >= 0.3 is 0 Å². The van der Waals surface area contributed by atoms with Gasteiger partial charge in [-0.25, -0.2) is 4.39 Å². The highest BCUT2D eigenvalue weighted by Gasteiger charge is 2.19. The van der Waals surface area contributed by atoms with Gasteiger partial charge in [-0.05, 0) is 67.1 Å². The summed E-state index contributed by atoms with van der Waals surface area (Å²) >= 11 is 0. The van der Waals surface area contributed by atoms with Crippen LogP contribution < -0.4 is 10.1 Å². The van der Waals surface area contributed by atoms with Gasteiger partial charge in [0.1, 0.15) is 11.6 Å². The van der Waals surface area contributed by atoms with Crippen LogP contribution in [0.25, 0.3) is 0 Å². The molecule has 1 unspecified atom stereocenters. The second-order valence-corrected chi connectivity index (χ2v) is 5.68. The Morgan fingerprint density at radius 2 is 2.00 bits per heavy atom. The predicted molar refractivity (Wildman–Crippen MR) is 83.6 cm³/mol. The molecule has 1 aliphatic rings. The highest BCUT2D eigenvalue weighted by molar-refractivity contribution is 5.52. The molecule has 21 heavy (non-hydrogen) atoms. The Balaban J connectivity index is 1.78. The molecule has 0 bridgehead atoms. The molecule has 0 aliphatic heterocycles. The first-order valence-electron chi connectivity index (χ1n) is 7.34. The van der Waals surface area contributed by atoms with E-state index in [1.54, 1.807) is 13.2 Å². The number of aryl methyl sites for hydroxylation is 2. The number of hydrogen-bond donors (Lipinski definition) is 1. The van der Waals surface area contributed by atoms with E-state index in [0.29, 0.717) is 6.04 Å². The lowest BCUT2D eigenvalue weighted by Gasteiger charge is -2.27. The smallest absolute Gasteiger partial charge is 0.125 e. The molecule has 3 heteroatoms. The summed E-state index contributed by atoms with van der Waals surface area (Å²) < 4.78 is 18.7. The highest BCUT2D eigenvalue weighted by atomic mass is 19.1. The van der Waals surface area contributed by atoms with Crippen molar-refractivity contribution in [2.24, 2.45) is 0 Å². The molecule has 1 atom stereocenters. The van der Waals surface area contributed by atoms with Crippen LogP contribution in [0.3, 0.4) is 0 Å². The molecular weight excluding hydrogens is 265 g/mol. The maximum absolute atomic E-state index is 13.4. The van der Waals surface area contributed by atoms with Gasteiger partial charge in [-0.1, -0.05) is 12.1 Å². The van der Waals surface area contributed by atoms with Crippen LogP contribution in [0.5, 0.6) is 5.75 Å². The second kappa shape index (κ2) is 5.76. The number of nitrogens with one attached hydrogen (secondary N) is 1. The lowest BCUT2D eigenvalue weighted by molar-refractivity contribution is 0.413. The van der Waals surface area contributed by atoms with Crippen LogP contribution in [-0.2, 0) is 12.8 Å². The van der Waals surface area contributed by atoms with Gasteiger partial charge in [0.15, 0.2) is 0 Å². The Labute approximate surface area is 125 Å². The fourth-order valence-electron chi connectivity index (χ4n) is 2.95. The molecule has 0 heterocycles. The number of hydrogen-bond acceptors (Lipinski definition) is 2. The minimum atomic E-state index is -0.194. The summed E-state index contributed by atoms with van der Waals surface area (Å²) in [4.78, 5) is 0. The summed E-state index contributed by atoms with van der Waals surface area (Å²) in [5.41, 5.74) is 4.69. The molecular formula is C18H20FNO. The number of methoxy groups -OCH3 is 1. The van der Waals surface area contributed by atoms with Gasteiger partial charge in [-0.3, -0.25) is 0 Å². The molecule has 3 rings (SSSR count). The van der Waals surface area contributed by atoms with Crippen molar-refractivity contribution in [2.75, 3.05) is 12.4 Å². The first kappa shape index (κ1) is 13.9. The van der Waals surface area contributed by atoms with Crippen molar-refractivity contribution in [3.8, 4) is 5.75 Å². The quantitative estimate of drug-likeness (QED) is 0.916. The predicted octanol–water partition coefficient (Wildman–Crippen LogP) is 4.11. The van der Waals surface area contributed by atoms with Crippen LogP contribution in [0.4, 0.5) is 10.1 Å². The van der Waals surface area contributed by atoms with Gasteiger partial charge in [-0.2, -0.15) is 0 Å². The van der Waals surface area contributed by atoms with Crippen LogP contribution in [0.15, 0.2) is 36.4 Å². The molecule has 0 saturated heterocycles. The van der Waals surface area contributed by atoms with Crippen molar-refractivity contribution >= 4 is 5.69 Å². The van der Waals surface area contributed by atoms with E-state index in [-0.39, 0.29) is 5.82 Å². The van der Waals surface area contributed by atoms with Crippen molar-refractivity contribution in [1.82, 2.24) is 0 Å². The van der Waals surface area contributed by atoms with Crippen molar-refractivity contribution in [3.63, 3.8) is 0 Å². The van der Waals surface area contributed by atoms with Gasteiger partial charge in [0.25, 0.3) is 0 Å². The molecule has 2 aromatic carbocycles. The lowest BCUT2D eigenvalue weighted by atomic mass is 9.88. The van der Waals surface area contributed by atoms with Crippen LogP contribution in [0, 0.1) is 12.7 Å². The van der Waals surface area contributed by atoms with Gasteiger partial charge in [0, 0.05) is 11.7 Å². The van der Waals surface area contributed by atoms with E-state index in [1.807, 2.05) is 19.1 Å². The minimum Gasteiger partial charge on any atom is -0.497 e. The van der Waals surface area contributed by atoms with Gasteiger partial charge < -0.3 is 10.1 Å². The van der Waals surface area contributed by atoms with E-state index in [0.717, 1.165) is 36.3 Å². The SMILES string of the molecule is COc1ccc2c(c1)CC(Nc1cc(F)ccc1C)CC2. The van der Waals surface area contributed by atoms with Crippen molar-refractivity contribution in [2.45, 2.75) is 32.2 Å². The fourth-order valence-corrected chi connectivity index (χ4v) is 2.95. The first-order valence-corrected chi connectivity index (χ1v) is 7.34. The highest BCUT2D eigenvalue weighted by Crippen LogP contribution is 2.28. The summed E-state index contributed by atoms with van der Waals surface area (Å²) in [6.07, 6.45) is 3.06. The Bertz CT molecular complexity index is 654. The monoisotopic (exact) mass is 285 g/mol. The Kier molecular flexibility index (Phi) is 3.82. The molecule has 1 N–H and O–H groups in total. The van der Waals surface area contributed by atoms with Crippen LogP contribution in [0.1, 0.15) is 23.1 Å². The number of benzene rings is 2. The van der Waals surface area contributed by atoms with Gasteiger partial charge in [0.05, 0.1) is 7.11 Å². The van der Waals surface area contributed by atoms with Gasteiger partial charge in [0.2, 0.25) is 0 Å². The Morgan fingerprint density at radius 1 is 1.14 bits per heavy atom. The third-order valence-corrected chi connectivity index (χ3v) is 4.20. The summed E-state index contributed by atoms with van der Waals surface area (Å²) in [5.74, 6) is 0.706. The molecule has 0 fully saturated rings. The maximum atomic E-state index is 13.4. The van der Waals surface area contributed by atoms with Crippen LogP contribution in [-0.4, -0.2) is 13.2 Å². The number of anilines is 1. The molecule has 2 aromatic rings. The van der Waals surface area contributed by atoms with Crippen molar-refractivity contribution < 1.29 is 9.13 Å². The van der Waals surface area contributed by atoms with Crippen LogP contribution >= 0.6 is 0 Å². The summed E-state index contributed by atoms with van der Waals surface area (Å²) in [5, 5.41) is 3.49. The molecule has 2 nitrogen and oxygen atoms in total. The molecule has 0 radical (unpaired) electrons. The topological polar surface area (TPSA) is 21.3 Å². The largest absolute Gasteiger partial charge is 0.497 e. The number of rotatable bonds is 3. The standard InChI is InChI=1S/C18H20FNO/c1-12-3-6-15(19)11-18(12)20-16-7-4-13-5-8-17(21-2)10-14(13)9-16/h3,5-6,8,10-11,16,20H,4,7,9H2,1-2H3. The first-order chi connectivity index (χ1) is 10.2. The molecule has 0 saturated carbocycles. The zero-order chi connectivity index (χ0) is 14.8. The van der Waals surface area contributed by atoms with E-state index in [9.17, 15) is 4.39 Å². The number of halogens is 1. The second-order valence-electron chi connectivity index (χ2n) is 5.68. The van der Waals surface area contributed by atoms with E-state index in [4.69, 9.17) is 4.74 Å². The summed E-state index contributed by atoms with van der Waals surface area (Å²) in [6, 6.07) is 11.5. The molecule has 0 amide bonds. The average Bonchev–Trinajstić information content (AvgIpc) is 2.50. The Morgan fingerprint density at radius 3 is 2.81 bits per heavy atom. The number of fused-ring (bicyclic) bond motifs is 1. The van der Waals surface area contributed by atoms with E-state index in [2.05, 4.69) is 17.4 Å². The third-order valence-electron chi connectivity index (χ3n) is 4.20. The zero-order valence-electron chi connectivity index (χ0n) is 12.4. The van der Waals surface area contributed by atoms with Crippen molar-refractivity contribution in [1.29, 1.82) is 0 Å². The summed E-state index contributed by atoms with van der Waals surface area (Å²) in [7, 11) is 1.69. The van der Waals surface area contributed by atoms with Crippen LogP contribution in [0.2, 0.25) is 0 Å². The molecule has 110 valence electrons. The molecule has 0 spiro atoms. The normalized spacial score (nSPS) is 17.2. The molecule has 1 aliphatic carbocycles. The molecule has 0 aromatic heterocycles. The fraction of sp³-hybridized carbons (Fsp3) is 0.333. The third kappa shape index (κ3) is 3.02. The van der Waals surface area contributed by atoms with E-state index < -0.39 is 0 Å². The lowest BCUT2D eigenvalue weighted by Crippen LogP contribution is -2.27. The number of ether oxygens (including phenoxy) is 1. The van der Waals surface area contributed by atoms with Crippen molar-refractivity contribution in [3.05, 3.63) is 58.9 Å². The van der Waals surface area contributed by atoms with E-state index >= 15 is 0 Å². The maximum Gasteiger partial charge on any atom is 0.125 e. The van der Waals surface area contributed by atoms with E-state index in [1.165, 1.54) is 17.2 Å². The average molecular weight is 285 g/mol. The minimum absolute atomic E-state index is 0.194. The zero-order valence-corrected chi connectivity index (χ0v) is 12.4. The summed E-state index contributed by atoms with van der Waals surface area (Å²) in [6.45, 7) is 2.00. The van der Waals surface area contributed by atoms with Gasteiger partial charge in [-0.15, -0.1) is 0 Å². The Hall–Kier alpha value is -2.03.